The van der Waals surface area contributed by atoms with Crippen molar-refractivity contribution in [3.8, 4) is 5.75 Å². The quantitative estimate of drug-likeness (QED) is 0.744. The highest BCUT2D eigenvalue weighted by molar-refractivity contribution is 6.02. The first-order valence-corrected chi connectivity index (χ1v) is 9.36. The number of halogens is 1. The Hall–Kier alpha value is -3.42. The van der Waals surface area contributed by atoms with E-state index in [-0.39, 0.29) is 18.1 Å². The summed E-state index contributed by atoms with van der Waals surface area (Å²) in [5.74, 6) is -1.39. The van der Waals surface area contributed by atoms with Gasteiger partial charge in [0.05, 0.1) is 24.4 Å². The molecular formula is C21H22FN3O4. The van der Waals surface area contributed by atoms with Gasteiger partial charge < -0.3 is 20.3 Å². The van der Waals surface area contributed by atoms with Crippen LogP contribution in [0.5, 0.6) is 5.75 Å². The molecular weight excluding hydrogens is 377 g/mol. The van der Waals surface area contributed by atoms with Gasteiger partial charge in [-0.2, -0.15) is 0 Å². The van der Waals surface area contributed by atoms with Crippen LogP contribution in [0, 0.1) is 5.82 Å². The highest BCUT2D eigenvalue weighted by atomic mass is 19.1. The molecule has 2 aromatic carbocycles. The third-order valence-electron chi connectivity index (χ3n) is 4.53. The molecule has 1 aliphatic heterocycles. The van der Waals surface area contributed by atoms with Crippen LogP contribution >= 0.6 is 0 Å². The molecule has 1 unspecified atom stereocenters. The second-order valence-corrected chi connectivity index (χ2v) is 6.46. The van der Waals surface area contributed by atoms with Crippen molar-refractivity contribution in [2.24, 2.45) is 0 Å². The number of carbonyl (C=O) groups excluding carboxylic acids is 3. The van der Waals surface area contributed by atoms with Crippen LogP contribution < -0.4 is 20.3 Å². The Morgan fingerprint density at radius 1 is 1.17 bits per heavy atom. The van der Waals surface area contributed by atoms with Crippen LogP contribution in [0.2, 0.25) is 0 Å². The molecule has 1 fully saturated rings. The van der Waals surface area contributed by atoms with Gasteiger partial charge in [0.25, 0.3) is 5.91 Å². The number of rotatable bonds is 7. The lowest BCUT2D eigenvalue weighted by Crippen LogP contribution is -2.45. The van der Waals surface area contributed by atoms with Crippen LogP contribution in [-0.4, -0.2) is 43.5 Å². The van der Waals surface area contributed by atoms with E-state index < -0.39 is 23.7 Å². The Morgan fingerprint density at radius 2 is 1.90 bits per heavy atom. The molecule has 7 nitrogen and oxygen atoms in total. The number of ether oxygens (including phenoxy) is 1. The summed E-state index contributed by atoms with van der Waals surface area (Å²) >= 11 is 0. The molecule has 3 amide bonds. The molecule has 8 heteroatoms. The van der Waals surface area contributed by atoms with Gasteiger partial charge in [0.2, 0.25) is 11.8 Å². The number of hydrogen-bond donors (Lipinski definition) is 2. The molecule has 152 valence electrons. The molecule has 1 saturated heterocycles. The molecule has 3 rings (SSSR count). The Morgan fingerprint density at radius 3 is 2.66 bits per heavy atom. The molecule has 1 aliphatic rings. The molecule has 0 aromatic heterocycles. The summed E-state index contributed by atoms with van der Waals surface area (Å²) in [4.78, 5) is 38.4. The third-order valence-corrected chi connectivity index (χ3v) is 4.53. The van der Waals surface area contributed by atoms with E-state index in [0.717, 1.165) is 0 Å². The fourth-order valence-corrected chi connectivity index (χ4v) is 3.16. The standard InChI is InChI=1S/C21H22FN3O4/c1-2-29-18-10-6-3-7-14(18)20(27)23-13-19(26)24-16-11-12-25(21(16)28)17-9-5-4-8-15(17)22/h3-10,16H,2,11-13H2,1H3,(H,23,27)(H,24,26). The molecule has 2 N–H and O–H groups in total. The summed E-state index contributed by atoms with van der Waals surface area (Å²) in [5, 5.41) is 5.12. The van der Waals surface area contributed by atoms with Gasteiger partial charge in [-0.25, -0.2) is 4.39 Å². The zero-order valence-corrected chi connectivity index (χ0v) is 16.0. The number of nitrogens with one attached hydrogen (secondary N) is 2. The van der Waals surface area contributed by atoms with E-state index >= 15 is 0 Å². The van der Waals surface area contributed by atoms with E-state index in [9.17, 15) is 18.8 Å². The normalized spacial score (nSPS) is 15.9. The van der Waals surface area contributed by atoms with Crippen LogP contribution in [0.3, 0.4) is 0 Å². The van der Waals surface area contributed by atoms with Gasteiger partial charge in [-0.3, -0.25) is 14.4 Å². The fraction of sp³-hybridized carbons (Fsp3) is 0.286. The predicted octanol–water partition coefficient (Wildman–Crippen LogP) is 1.88. The van der Waals surface area contributed by atoms with E-state index in [1.807, 2.05) is 6.92 Å². The van der Waals surface area contributed by atoms with Gasteiger partial charge >= 0.3 is 0 Å². The zero-order valence-electron chi connectivity index (χ0n) is 16.0. The maximum Gasteiger partial charge on any atom is 0.255 e. The van der Waals surface area contributed by atoms with E-state index in [0.29, 0.717) is 30.9 Å². The van der Waals surface area contributed by atoms with Crippen molar-refractivity contribution in [3.63, 3.8) is 0 Å². The minimum absolute atomic E-state index is 0.190. The van der Waals surface area contributed by atoms with Crippen LogP contribution in [0.25, 0.3) is 0 Å². The lowest BCUT2D eigenvalue weighted by Gasteiger charge is -2.18. The molecule has 2 aromatic rings. The van der Waals surface area contributed by atoms with Crippen molar-refractivity contribution in [1.82, 2.24) is 10.6 Å². The SMILES string of the molecule is CCOc1ccccc1C(=O)NCC(=O)NC1CCN(c2ccccc2F)C1=O. The van der Waals surface area contributed by atoms with Gasteiger partial charge in [-0.05, 0) is 37.6 Å². The molecule has 0 aliphatic carbocycles. The van der Waals surface area contributed by atoms with E-state index in [1.54, 1.807) is 36.4 Å². The minimum Gasteiger partial charge on any atom is -0.493 e. The summed E-state index contributed by atoms with van der Waals surface area (Å²) in [6.45, 7) is 2.24. The highest BCUT2D eigenvalue weighted by Gasteiger charge is 2.34. The largest absolute Gasteiger partial charge is 0.493 e. The Bertz CT molecular complexity index is 918. The third kappa shape index (κ3) is 4.71. The number of hydrogen-bond acceptors (Lipinski definition) is 4. The maximum atomic E-state index is 13.9. The lowest BCUT2D eigenvalue weighted by molar-refractivity contribution is -0.125. The van der Waals surface area contributed by atoms with Crippen LogP contribution in [0.15, 0.2) is 48.5 Å². The molecule has 1 heterocycles. The molecule has 0 spiro atoms. The van der Waals surface area contributed by atoms with E-state index in [2.05, 4.69) is 10.6 Å². The van der Waals surface area contributed by atoms with Crippen molar-refractivity contribution in [1.29, 1.82) is 0 Å². The Balaban J connectivity index is 1.55. The van der Waals surface area contributed by atoms with Crippen LogP contribution in [-0.2, 0) is 9.59 Å². The van der Waals surface area contributed by atoms with Crippen molar-refractivity contribution in [2.75, 3.05) is 24.6 Å². The van der Waals surface area contributed by atoms with Crippen molar-refractivity contribution in [3.05, 3.63) is 59.9 Å². The Labute approximate surface area is 167 Å². The Kier molecular flexibility index (Phi) is 6.43. The summed E-state index contributed by atoms with van der Waals surface area (Å²) in [7, 11) is 0. The van der Waals surface area contributed by atoms with E-state index in [4.69, 9.17) is 4.74 Å². The first-order chi connectivity index (χ1) is 14.0. The summed E-state index contributed by atoms with van der Waals surface area (Å²) in [6.07, 6.45) is 0.361. The second-order valence-electron chi connectivity index (χ2n) is 6.46. The molecule has 0 radical (unpaired) electrons. The lowest BCUT2D eigenvalue weighted by atomic mass is 10.2. The average molecular weight is 399 g/mol. The highest BCUT2D eigenvalue weighted by Crippen LogP contribution is 2.24. The molecule has 0 saturated carbocycles. The van der Waals surface area contributed by atoms with Gasteiger partial charge in [0.1, 0.15) is 17.6 Å². The van der Waals surface area contributed by atoms with Gasteiger partial charge in [-0.1, -0.05) is 24.3 Å². The monoisotopic (exact) mass is 399 g/mol. The molecule has 1 atom stereocenters. The minimum atomic E-state index is -0.755. The van der Waals surface area contributed by atoms with Crippen molar-refractivity contribution >= 4 is 23.4 Å². The van der Waals surface area contributed by atoms with E-state index in [1.165, 1.54) is 17.0 Å². The van der Waals surface area contributed by atoms with Crippen molar-refractivity contribution in [2.45, 2.75) is 19.4 Å². The van der Waals surface area contributed by atoms with Crippen LogP contribution in [0.4, 0.5) is 10.1 Å². The van der Waals surface area contributed by atoms with Gasteiger partial charge in [0, 0.05) is 6.54 Å². The van der Waals surface area contributed by atoms with Crippen LogP contribution in [0.1, 0.15) is 23.7 Å². The van der Waals surface area contributed by atoms with Gasteiger partial charge in [0.15, 0.2) is 0 Å². The molecule has 29 heavy (non-hydrogen) atoms. The summed E-state index contributed by atoms with van der Waals surface area (Å²) < 4.78 is 19.3. The van der Waals surface area contributed by atoms with Gasteiger partial charge in [-0.15, -0.1) is 0 Å². The fourth-order valence-electron chi connectivity index (χ4n) is 3.16. The second kappa shape index (κ2) is 9.18. The summed E-state index contributed by atoms with van der Waals surface area (Å²) in [5.41, 5.74) is 0.514. The number of nitrogens with zero attached hydrogens (tertiary/aromatic N) is 1. The zero-order chi connectivity index (χ0) is 20.8. The number of benzene rings is 2. The summed E-state index contributed by atoms with van der Waals surface area (Å²) in [6, 6.07) is 12.0. The number of carbonyl (C=O) groups is 3. The first-order valence-electron chi connectivity index (χ1n) is 9.36. The smallest absolute Gasteiger partial charge is 0.255 e. The molecule has 0 bridgehead atoms. The predicted molar refractivity (Wildman–Crippen MR) is 105 cm³/mol. The van der Waals surface area contributed by atoms with Crippen molar-refractivity contribution < 1.29 is 23.5 Å². The number of amides is 3. The topological polar surface area (TPSA) is 87.7 Å². The first kappa shape index (κ1) is 20.3. The number of anilines is 1. The maximum absolute atomic E-state index is 13.9. The average Bonchev–Trinajstić information content (AvgIpc) is 3.07. The number of para-hydroxylation sites is 2.